The third-order valence-electron chi connectivity index (χ3n) is 5.97. The van der Waals surface area contributed by atoms with Crippen LogP contribution in [-0.4, -0.2) is 72.5 Å². The second kappa shape index (κ2) is 9.57. The monoisotopic (exact) mass is 509 g/mol. The average Bonchev–Trinajstić information content (AvgIpc) is 3.10. The minimum Gasteiger partial charge on any atom is -0.505 e. The number of carbonyl (C=O) groups is 1. The molecule has 1 atom stereocenters. The maximum atomic E-state index is 13.6. The van der Waals surface area contributed by atoms with E-state index in [2.05, 4.69) is 5.10 Å². The molecule has 34 heavy (non-hydrogen) atoms. The van der Waals surface area contributed by atoms with Crippen LogP contribution in [0, 0.1) is 5.82 Å². The molecule has 1 aromatic carbocycles. The van der Waals surface area contributed by atoms with Gasteiger partial charge in [0.2, 0.25) is 0 Å². The lowest BCUT2D eigenvalue weighted by Gasteiger charge is -2.26. The van der Waals surface area contributed by atoms with Gasteiger partial charge in [0.1, 0.15) is 16.2 Å². The number of carbonyl (C=O) groups excluding carboxylic acids is 1. The number of aliphatic hydroxyl groups is 1. The predicted molar refractivity (Wildman–Crippen MR) is 128 cm³/mol. The largest absolute Gasteiger partial charge is 0.505 e. The molecule has 0 radical (unpaired) electrons. The topological polar surface area (TPSA) is 104 Å². The first-order valence-electron chi connectivity index (χ1n) is 10.8. The molecule has 1 unspecified atom stereocenters. The molecule has 9 nitrogen and oxygen atoms in total. The number of hydrogen-bond donors (Lipinski definition) is 2. The summed E-state index contributed by atoms with van der Waals surface area (Å²) in [6.07, 6.45) is 0. The fourth-order valence-electron chi connectivity index (χ4n) is 4.04. The Balaban J connectivity index is 1.93. The molecule has 0 bridgehead atoms. The summed E-state index contributed by atoms with van der Waals surface area (Å²) in [5.74, 6) is -1.40. The summed E-state index contributed by atoms with van der Waals surface area (Å²) in [6.45, 7) is 5.71. The zero-order valence-corrected chi connectivity index (χ0v) is 20.5. The summed E-state index contributed by atoms with van der Waals surface area (Å²) >= 11 is 6.92. The van der Waals surface area contributed by atoms with Crippen LogP contribution >= 0.6 is 23.4 Å². The Morgan fingerprint density at radius 1 is 1.26 bits per heavy atom. The Morgan fingerprint density at radius 3 is 2.62 bits per heavy atom. The highest BCUT2D eigenvalue weighted by molar-refractivity contribution is 7.99. The maximum absolute atomic E-state index is 13.6. The Labute approximate surface area is 204 Å². The van der Waals surface area contributed by atoms with Crippen molar-refractivity contribution < 1.29 is 19.4 Å². The first kappa shape index (κ1) is 24.5. The average molecular weight is 510 g/mol. The Bertz CT molecular complexity index is 1320. The number of aromatic hydroxyl groups is 1. The Hall–Kier alpha value is -2.60. The van der Waals surface area contributed by atoms with Crippen molar-refractivity contribution in [1.29, 1.82) is 0 Å². The highest BCUT2D eigenvalue weighted by Gasteiger charge is 2.33. The molecule has 12 heteroatoms. The van der Waals surface area contributed by atoms with E-state index in [0.29, 0.717) is 42.3 Å². The number of rotatable bonds is 7. The lowest BCUT2D eigenvalue weighted by molar-refractivity contribution is 0.0747. The third kappa shape index (κ3) is 4.17. The van der Waals surface area contributed by atoms with Gasteiger partial charge in [-0.05, 0) is 30.8 Å². The van der Waals surface area contributed by atoms with E-state index in [1.807, 2.05) is 13.8 Å². The van der Waals surface area contributed by atoms with E-state index in [1.54, 1.807) is 16.5 Å². The van der Waals surface area contributed by atoms with Crippen LogP contribution in [0.2, 0.25) is 5.02 Å². The lowest BCUT2D eigenvalue weighted by atomic mass is 10.2. The molecule has 3 heterocycles. The molecule has 0 saturated carbocycles. The minimum absolute atomic E-state index is 0.0180. The summed E-state index contributed by atoms with van der Waals surface area (Å²) in [4.78, 5) is 29.5. The van der Waals surface area contributed by atoms with Crippen LogP contribution in [0.1, 0.15) is 29.9 Å². The molecule has 2 N–H and O–H groups in total. The number of thioether (sulfide) groups is 1. The van der Waals surface area contributed by atoms with Crippen molar-refractivity contribution in [2.45, 2.75) is 37.5 Å². The highest BCUT2D eigenvalue weighted by Crippen LogP contribution is 2.38. The molecule has 3 aromatic rings. The van der Waals surface area contributed by atoms with Gasteiger partial charge >= 0.3 is 0 Å². The molecule has 4 rings (SSSR count). The third-order valence-corrected chi connectivity index (χ3v) is 7.26. The molecular weight excluding hydrogens is 485 g/mol. The zero-order chi connectivity index (χ0) is 24.7. The van der Waals surface area contributed by atoms with Gasteiger partial charge in [-0.3, -0.25) is 14.5 Å². The van der Waals surface area contributed by atoms with Crippen LogP contribution in [0.5, 0.6) is 5.75 Å². The number of amides is 1. The first-order valence-corrected chi connectivity index (χ1v) is 12.1. The predicted octanol–water partition coefficient (Wildman–Crippen LogP) is 2.54. The van der Waals surface area contributed by atoms with Gasteiger partial charge in [0.15, 0.2) is 17.0 Å². The van der Waals surface area contributed by atoms with Crippen LogP contribution < -0.4 is 5.56 Å². The van der Waals surface area contributed by atoms with Gasteiger partial charge in [-0.15, -0.1) is 0 Å². The Morgan fingerprint density at radius 2 is 1.97 bits per heavy atom. The number of benzene rings is 1. The van der Waals surface area contributed by atoms with Gasteiger partial charge in [0, 0.05) is 20.1 Å². The summed E-state index contributed by atoms with van der Waals surface area (Å²) in [7, 11) is 1.62. The normalized spacial score (nSPS) is 14.8. The smallest absolute Gasteiger partial charge is 0.280 e. The standard InChI is InChI=1S/C22H25ClFN5O4S/c1-4-27(5-2)22(33)34-19-16-15(18(30)17-21(32)26(3)8-9-28(16)17)20(31)29(25-19)11-12-6-7-14(24)13(23)10-12/h6-7,10,22,30,33H,4-5,8-9,11H2,1-3H3. The van der Waals surface area contributed by atoms with Crippen molar-refractivity contribution in [3.05, 3.63) is 50.7 Å². The molecule has 1 aliphatic heterocycles. The quantitative estimate of drug-likeness (QED) is 0.372. The molecule has 0 spiro atoms. The second-order valence-corrected chi connectivity index (χ2v) is 9.43. The molecule has 1 amide bonds. The molecule has 2 aromatic heterocycles. The number of likely N-dealkylation sites (N-methyl/N-ethyl adjacent to an activating group) is 1. The number of aromatic nitrogens is 3. The molecular formula is C22H25ClFN5O4S. The van der Waals surface area contributed by atoms with Crippen LogP contribution in [0.3, 0.4) is 0 Å². The van der Waals surface area contributed by atoms with Crippen LogP contribution in [-0.2, 0) is 13.1 Å². The fourth-order valence-corrected chi connectivity index (χ4v) is 5.36. The second-order valence-electron chi connectivity index (χ2n) is 7.98. The van der Waals surface area contributed by atoms with Crippen molar-refractivity contribution in [1.82, 2.24) is 24.1 Å². The minimum atomic E-state index is -0.966. The van der Waals surface area contributed by atoms with Crippen molar-refractivity contribution in [2.24, 2.45) is 0 Å². The van der Waals surface area contributed by atoms with Gasteiger partial charge in [-0.2, -0.15) is 5.10 Å². The first-order chi connectivity index (χ1) is 16.2. The van der Waals surface area contributed by atoms with E-state index >= 15 is 0 Å². The van der Waals surface area contributed by atoms with Crippen molar-refractivity contribution in [2.75, 3.05) is 26.7 Å². The van der Waals surface area contributed by atoms with E-state index < -0.39 is 28.6 Å². The van der Waals surface area contributed by atoms with Gasteiger partial charge in [-0.25, -0.2) is 9.07 Å². The number of aliphatic hydroxyl groups excluding tert-OH is 1. The number of hydrogen-bond acceptors (Lipinski definition) is 7. The van der Waals surface area contributed by atoms with Crippen molar-refractivity contribution in [3.63, 3.8) is 0 Å². The van der Waals surface area contributed by atoms with E-state index in [9.17, 15) is 24.2 Å². The Kier molecular flexibility index (Phi) is 6.90. The summed E-state index contributed by atoms with van der Waals surface area (Å²) in [5, 5.41) is 26.4. The van der Waals surface area contributed by atoms with E-state index in [4.69, 9.17) is 11.6 Å². The van der Waals surface area contributed by atoms with E-state index in [1.165, 1.54) is 23.1 Å². The molecule has 0 saturated heterocycles. The van der Waals surface area contributed by atoms with Crippen LogP contribution in [0.15, 0.2) is 28.0 Å². The SMILES string of the molecule is CCN(CC)C(O)Sc1nn(Cc2ccc(F)c(Cl)c2)c(=O)c2c(O)c3n(c12)CCN(C)C3=O. The summed E-state index contributed by atoms with van der Waals surface area (Å²) in [5.41, 5.74) is -0.716. The highest BCUT2D eigenvalue weighted by atomic mass is 35.5. The number of fused-ring (bicyclic) bond motifs is 3. The van der Waals surface area contributed by atoms with Gasteiger partial charge in [0.05, 0.1) is 17.1 Å². The van der Waals surface area contributed by atoms with Crippen LogP contribution in [0.4, 0.5) is 4.39 Å². The lowest BCUT2D eigenvalue weighted by Crippen LogP contribution is -2.37. The fraction of sp³-hybridized carbons (Fsp3) is 0.409. The molecule has 0 aliphatic carbocycles. The summed E-state index contributed by atoms with van der Waals surface area (Å²) in [6, 6.07) is 4.08. The number of halogens is 2. The molecule has 182 valence electrons. The number of nitrogens with zero attached hydrogens (tertiary/aromatic N) is 5. The van der Waals surface area contributed by atoms with Crippen molar-refractivity contribution >= 4 is 40.2 Å². The van der Waals surface area contributed by atoms with E-state index in [0.717, 1.165) is 16.4 Å². The zero-order valence-electron chi connectivity index (χ0n) is 19.0. The van der Waals surface area contributed by atoms with Crippen molar-refractivity contribution in [3.8, 4) is 5.75 Å². The molecule has 0 fully saturated rings. The van der Waals surface area contributed by atoms with Crippen LogP contribution in [0.25, 0.3) is 10.9 Å². The van der Waals surface area contributed by atoms with Gasteiger partial charge in [0.25, 0.3) is 11.5 Å². The maximum Gasteiger partial charge on any atom is 0.280 e. The summed E-state index contributed by atoms with van der Waals surface area (Å²) < 4.78 is 16.3. The van der Waals surface area contributed by atoms with Gasteiger partial charge < -0.3 is 19.7 Å². The molecule has 1 aliphatic rings. The van der Waals surface area contributed by atoms with Gasteiger partial charge in [-0.1, -0.05) is 43.3 Å². The van der Waals surface area contributed by atoms with E-state index in [-0.39, 0.29) is 22.6 Å².